The normalized spacial score (nSPS) is 11.5. The van der Waals surface area contributed by atoms with Gasteiger partial charge in [0.05, 0.1) is 0 Å². The molecule has 29 heavy (non-hydrogen) atoms. The van der Waals surface area contributed by atoms with Gasteiger partial charge in [0.1, 0.15) is 5.56 Å². The average molecular weight is 413 g/mol. The van der Waals surface area contributed by atoms with Gasteiger partial charge in [-0.3, -0.25) is 14.6 Å². The van der Waals surface area contributed by atoms with E-state index >= 15 is 0 Å². The molecule has 1 amide bonds. The van der Waals surface area contributed by atoms with Crippen LogP contribution in [-0.2, 0) is 10.0 Å². The number of aryl methyl sites for hydroxylation is 2. The van der Waals surface area contributed by atoms with Crippen LogP contribution in [0.5, 0.6) is 0 Å². The van der Waals surface area contributed by atoms with Crippen LogP contribution < -0.4 is 10.0 Å². The first kappa shape index (κ1) is 20.6. The Balaban J connectivity index is 1.89. The molecule has 3 aromatic rings. The van der Waals surface area contributed by atoms with Crippen molar-refractivity contribution in [2.45, 2.75) is 38.6 Å². The summed E-state index contributed by atoms with van der Waals surface area (Å²) in [5, 5.41) is 8.91. The van der Waals surface area contributed by atoms with Crippen molar-refractivity contribution in [3.8, 4) is 0 Å². The van der Waals surface area contributed by atoms with Crippen molar-refractivity contribution < 1.29 is 13.2 Å². The molecular weight excluding hydrogens is 388 g/mol. The van der Waals surface area contributed by atoms with Gasteiger partial charge in [-0.2, -0.15) is 13.5 Å². The first-order valence-corrected chi connectivity index (χ1v) is 10.7. The maximum atomic E-state index is 12.9. The molecule has 0 spiro atoms. The van der Waals surface area contributed by atoms with E-state index in [-0.39, 0.29) is 10.6 Å². The van der Waals surface area contributed by atoms with Crippen LogP contribution in [0.2, 0.25) is 0 Å². The van der Waals surface area contributed by atoms with Crippen molar-refractivity contribution >= 4 is 27.3 Å². The molecular formula is C21H24N4O3S. The number of aromatic amines is 1. The number of nitrogens with one attached hydrogen (secondary N) is 3. The van der Waals surface area contributed by atoms with Gasteiger partial charge in [0.25, 0.3) is 15.9 Å². The van der Waals surface area contributed by atoms with Gasteiger partial charge in [0.2, 0.25) is 5.03 Å². The van der Waals surface area contributed by atoms with Gasteiger partial charge in [0.15, 0.2) is 0 Å². The second kappa shape index (κ2) is 8.08. The van der Waals surface area contributed by atoms with Crippen LogP contribution in [0.4, 0.5) is 11.4 Å². The summed E-state index contributed by atoms with van der Waals surface area (Å²) < 4.78 is 28.2. The van der Waals surface area contributed by atoms with E-state index in [0.29, 0.717) is 23.0 Å². The van der Waals surface area contributed by atoms with E-state index in [0.717, 1.165) is 11.1 Å². The van der Waals surface area contributed by atoms with Crippen molar-refractivity contribution in [2.75, 3.05) is 10.0 Å². The van der Waals surface area contributed by atoms with Crippen LogP contribution in [0.1, 0.15) is 46.9 Å². The zero-order valence-corrected chi connectivity index (χ0v) is 17.6. The number of aromatic nitrogens is 2. The predicted octanol–water partition coefficient (Wildman–Crippen LogP) is 4.20. The topological polar surface area (TPSA) is 104 Å². The molecule has 0 fully saturated rings. The van der Waals surface area contributed by atoms with Gasteiger partial charge < -0.3 is 5.32 Å². The van der Waals surface area contributed by atoms with Crippen molar-refractivity contribution in [3.63, 3.8) is 0 Å². The minimum Gasteiger partial charge on any atom is -0.322 e. The molecule has 1 aromatic heterocycles. The Morgan fingerprint density at radius 3 is 2.38 bits per heavy atom. The third-order valence-corrected chi connectivity index (χ3v) is 5.82. The fraction of sp³-hybridized carbons (Fsp3) is 0.238. The van der Waals surface area contributed by atoms with E-state index in [1.54, 1.807) is 37.3 Å². The zero-order chi connectivity index (χ0) is 21.2. The summed E-state index contributed by atoms with van der Waals surface area (Å²) in [6.07, 6.45) is 0. The third-order valence-electron chi connectivity index (χ3n) is 4.51. The number of nitrogens with zero attached hydrogens (tertiary/aromatic N) is 1. The van der Waals surface area contributed by atoms with Crippen LogP contribution in [-0.4, -0.2) is 24.5 Å². The molecule has 3 rings (SSSR count). The molecule has 0 bridgehead atoms. The van der Waals surface area contributed by atoms with Crippen LogP contribution in [0.15, 0.2) is 53.6 Å². The summed E-state index contributed by atoms with van der Waals surface area (Å²) in [6.45, 7) is 7.63. The zero-order valence-electron chi connectivity index (χ0n) is 16.8. The van der Waals surface area contributed by atoms with E-state index in [9.17, 15) is 13.2 Å². The molecule has 1 heterocycles. The molecule has 0 aliphatic rings. The molecule has 0 saturated heterocycles. The Hall–Kier alpha value is -3.13. The number of hydrogen-bond acceptors (Lipinski definition) is 4. The molecule has 0 aliphatic heterocycles. The molecule has 152 valence electrons. The number of hydrogen-bond donors (Lipinski definition) is 3. The molecule has 0 saturated carbocycles. The molecule has 0 radical (unpaired) electrons. The van der Waals surface area contributed by atoms with Gasteiger partial charge >= 0.3 is 0 Å². The molecule has 7 nitrogen and oxygen atoms in total. The number of benzene rings is 2. The van der Waals surface area contributed by atoms with Gasteiger partial charge in [-0.25, -0.2) is 0 Å². The predicted molar refractivity (Wildman–Crippen MR) is 114 cm³/mol. The molecule has 0 atom stereocenters. The average Bonchev–Trinajstić information content (AvgIpc) is 3.06. The number of anilines is 2. The third kappa shape index (κ3) is 4.65. The second-order valence-electron chi connectivity index (χ2n) is 7.23. The summed E-state index contributed by atoms with van der Waals surface area (Å²) in [4.78, 5) is 12.9. The number of sulfonamides is 1. The maximum absolute atomic E-state index is 12.9. The van der Waals surface area contributed by atoms with E-state index in [1.807, 2.05) is 25.1 Å². The number of H-pyrrole nitrogens is 1. The van der Waals surface area contributed by atoms with E-state index < -0.39 is 15.9 Å². The van der Waals surface area contributed by atoms with Crippen LogP contribution in [0.3, 0.4) is 0 Å². The lowest BCUT2D eigenvalue weighted by Crippen LogP contribution is -2.20. The van der Waals surface area contributed by atoms with E-state index in [2.05, 4.69) is 34.1 Å². The Labute approximate surface area is 170 Å². The summed E-state index contributed by atoms with van der Waals surface area (Å²) in [7, 11) is -4.05. The molecule has 3 N–H and O–H groups in total. The quantitative estimate of drug-likeness (QED) is 0.564. The molecule has 2 aromatic carbocycles. The molecule has 8 heteroatoms. The number of carbonyl (C=O) groups excluding carboxylic acids is 1. The lowest BCUT2D eigenvalue weighted by Gasteiger charge is -2.11. The first-order valence-electron chi connectivity index (χ1n) is 9.23. The van der Waals surface area contributed by atoms with Crippen molar-refractivity contribution in [1.82, 2.24) is 10.2 Å². The SMILES string of the molecule is Cc1ccc(NS(=O)(=O)c2n[nH]c(C)c2C(=O)Nc2cccc(C(C)C)c2)cc1. The lowest BCUT2D eigenvalue weighted by molar-refractivity contribution is 0.102. The summed E-state index contributed by atoms with van der Waals surface area (Å²) >= 11 is 0. The minimum absolute atomic E-state index is 0.0143. The van der Waals surface area contributed by atoms with Crippen molar-refractivity contribution in [2.24, 2.45) is 0 Å². The van der Waals surface area contributed by atoms with Gasteiger partial charge in [-0.1, -0.05) is 43.7 Å². The van der Waals surface area contributed by atoms with Crippen LogP contribution in [0.25, 0.3) is 0 Å². The summed E-state index contributed by atoms with van der Waals surface area (Å²) in [5.41, 5.74) is 3.42. The highest BCUT2D eigenvalue weighted by molar-refractivity contribution is 7.92. The molecule has 0 aliphatic carbocycles. The largest absolute Gasteiger partial charge is 0.322 e. The van der Waals surface area contributed by atoms with Gasteiger partial charge in [0, 0.05) is 17.1 Å². The van der Waals surface area contributed by atoms with Crippen molar-refractivity contribution in [1.29, 1.82) is 0 Å². The first-order chi connectivity index (χ1) is 13.7. The Bertz CT molecular complexity index is 1130. The molecule has 0 unspecified atom stereocenters. The van der Waals surface area contributed by atoms with Crippen LogP contribution >= 0.6 is 0 Å². The van der Waals surface area contributed by atoms with Crippen LogP contribution in [0, 0.1) is 13.8 Å². The second-order valence-corrected chi connectivity index (χ2v) is 8.83. The monoisotopic (exact) mass is 412 g/mol. The Morgan fingerprint density at radius 2 is 1.72 bits per heavy atom. The smallest absolute Gasteiger partial charge is 0.282 e. The maximum Gasteiger partial charge on any atom is 0.282 e. The van der Waals surface area contributed by atoms with E-state index in [1.165, 1.54) is 0 Å². The van der Waals surface area contributed by atoms with Gasteiger partial charge in [-0.05, 0) is 49.6 Å². The lowest BCUT2D eigenvalue weighted by atomic mass is 10.0. The highest BCUT2D eigenvalue weighted by Gasteiger charge is 2.28. The number of rotatable bonds is 6. The summed E-state index contributed by atoms with van der Waals surface area (Å²) in [5.74, 6) is -0.237. The highest BCUT2D eigenvalue weighted by atomic mass is 32.2. The minimum atomic E-state index is -4.05. The van der Waals surface area contributed by atoms with Gasteiger partial charge in [-0.15, -0.1) is 0 Å². The fourth-order valence-electron chi connectivity index (χ4n) is 2.86. The Morgan fingerprint density at radius 1 is 1.03 bits per heavy atom. The van der Waals surface area contributed by atoms with Crippen molar-refractivity contribution in [3.05, 3.63) is 70.9 Å². The highest BCUT2D eigenvalue weighted by Crippen LogP contribution is 2.23. The van der Waals surface area contributed by atoms with E-state index in [4.69, 9.17) is 0 Å². The summed E-state index contributed by atoms with van der Waals surface area (Å²) in [6, 6.07) is 14.4. The number of amides is 1. The number of carbonyl (C=O) groups is 1. The fourth-order valence-corrected chi connectivity index (χ4v) is 4.09. The Kier molecular flexibility index (Phi) is 5.74. The standard InChI is InChI=1S/C21H24N4O3S/c1-13(2)16-6-5-7-18(12-16)22-20(26)19-15(4)23-24-21(19)29(27,28)25-17-10-8-14(3)9-11-17/h5-13,25H,1-4H3,(H,22,26)(H,23,24).